The fourth-order valence-electron chi connectivity index (χ4n) is 2.61. The third-order valence-corrected chi connectivity index (χ3v) is 3.84. The van der Waals surface area contributed by atoms with E-state index >= 15 is 0 Å². The molecule has 1 atom stereocenters. The van der Waals surface area contributed by atoms with Gasteiger partial charge in [-0.05, 0) is 37.1 Å². The fraction of sp³-hybridized carbons (Fsp3) is 0.250. The van der Waals surface area contributed by atoms with Crippen molar-refractivity contribution in [2.75, 3.05) is 12.4 Å². The molecular weight excluding hydrogens is 292 g/mol. The summed E-state index contributed by atoms with van der Waals surface area (Å²) < 4.78 is 6.88. The van der Waals surface area contributed by atoms with Crippen molar-refractivity contribution in [1.29, 1.82) is 0 Å². The van der Waals surface area contributed by atoms with E-state index < -0.39 is 0 Å². The molecule has 0 bridgehead atoms. The Hall–Kier alpha value is -2.96. The molecule has 3 aromatic rings. The van der Waals surface area contributed by atoms with Crippen molar-refractivity contribution in [3.8, 4) is 11.4 Å². The van der Waals surface area contributed by atoms with E-state index in [9.17, 15) is 0 Å². The number of allylic oxidation sites excluding steroid dienone is 1. The van der Waals surface area contributed by atoms with Crippen molar-refractivity contribution in [2.45, 2.75) is 18.9 Å². The van der Waals surface area contributed by atoms with Gasteiger partial charge < -0.3 is 10.1 Å². The first-order valence-electron chi connectivity index (χ1n) is 7.49. The van der Waals surface area contributed by atoms with Gasteiger partial charge in [-0.2, -0.15) is 9.67 Å². The molecule has 1 aliphatic carbocycles. The molecule has 0 unspecified atom stereocenters. The summed E-state index contributed by atoms with van der Waals surface area (Å²) in [6.45, 7) is 0. The van der Waals surface area contributed by atoms with Gasteiger partial charge in [-0.1, -0.05) is 17.4 Å². The van der Waals surface area contributed by atoms with Crippen molar-refractivity contribution in [2.24, 2.45) is 0 Å². The molecule has 4 rings (SSSR count). The molecule has 0 spiro atoms. The molecule has 0 fully saturated rings. The Morgan fingerprint density at radius 2 is 2.13 bits per heavy atom. The first kappa shape index (κ1) is 13.7. The van der Waals surface area contributed by atoms with Gasteiger partial charge in [0.15, 0.2) is 11.2 Å². The van der Waals surface area contributed by atoms with Gasteiger partial charge in [0.1, 0.15) is 5.75 Å². The quantitative estimate of drug-likeness (QED) is 0.745. The van der Waals surface area contributed by atoms with E-state index in [0.29, 0.717) is 17.1 Å². The van der Waals surface area contributed by atoms with Crippen molar-refractivity contribution in [1.82, 2.24) is 25.0 Å². The molecule has 0 saturated carbocycles. The van der Waals surface area contributed by atoms with Crippen LogP contribution in [0.25, 0.3) is 16.9 Å². The fourth-order valence-corrected chi connectivity index (χ4v) is 2.61. The molecule has 116 valence electrons. The molecule has 0 aliphatic heterocycles. The van der Waals surface area contributed by atoms with Crippen molar-refractivity contribution in [3.63, 3.8) is 0 Å². The molecule has 7 nitrogen and oxygen atoms in total. The Labute approximate surface area is 133 Å². The van der Waals surface area contributed by atoms with Gasteiger partial charge >= 0.3 is 0 Å². The first-order chi connectivity index (χ1) is 11.3. The zero-order valence-corrected chi connectivity index (χ0v) is 12.7. The van der Waals surface area contributed by atoms with Crippen LogP contribution in [0.3, 0.4) is 0 Å². The minimum absolute atomic E-state index is 0.290. The highest BCUT2D eigenvalue weighted by Gasteiger charge is 2.13. The average Bonchev–Trinajstić information content (AvgIpc) is 3.24. The van der Waals surface area contributed by atoms with Crippen LogP contribution in [-0.4, -0.2) is 38.1 Å². The SMILES string of the molecule is COc1ccc(-n2nnc3cnc(N[C@@H]4C=CCC4)nc32)cc1. The van der Waals surface area contributed by atoms with Crippen LogP contribution >= 0.6 is 0 Å². The standard InChI is InChI=1S/C16H16N6O/c1-23-13-8-6-12(7-9-13)22-15-14(20-21-22)10-17-16(19-15)18-11-4-2-3-5-11/h2,4,6-11H,3,5H2,1H3,(H,17,18,19)/t11-/m1/s1. The summed E-state index contributed by atoms with van der Waals surface area (Å²) in [6, 6.07) is 7.89. The minimum Gasteiger partial charge on any atom is -0.497 e. The van der Waals surface area contributed by atoms with E-state index in [1.54, 1.807) is 18.0 Å². The Morgan fingerprint density at radius 3 is 2.87 bits per heavy atom. The van der Waals surface area contributed by atoms with E-state index in [1.807, 2.05) is 24.3 Å². The second-order valence-electron chi connectivity index (χ2n) is 5.36. The van der Waals surface area contributed by atoms with Crippen LogP contribution in [-0.2, 0) is 0 Å². The maximum atomic E-state index is 5.18. The topological polar surface area (TPSA) is 77.8 Å². The molecule has 1 aliphatic rings. The Bertz CT molecular complexity index is 855. The number of hydrogen-bond donors (Lipinski definition) is 1. The number of hydrogen-bond acceptors (Lipinski definition) is 6. The largest absolute Gasteiger partial charge is 0.497 e. The average molecular weight is 308 g/mol. The molecule has 7 heteroatoms. The second-order valence-corrected chi connectivity index (χ2v) is 5.36. The molecule has 2 aromatic heterocycles. The molecule has 2 heterocycles. The number of nitrogens with one attached hydrogen (secondary N) is 1. The molecule has 1 N–H and O–H groups in total. The summed E-state index contributed by atoms with van der Waals surface area (Å²) in [5, 5.41) is 11.6. The van der Waals surface area contributed by atoms with E-state index in [4.69, 9.17) is 4.74 Å². The number of benzene rings is 1. The summed E-state index contributed by atoms with van der Waals surface area (Å²) in [6.07, 6.45) is 8.16. The molecule has 0 saturated heterocycles. The molecule has 1 aromatic carbocycles. The number of rotatable bonds is 4. The van der Waals surface area contributed by atoms with Crippen LogP contribution in [0.2, 0.25) is 0 Å². The summed E-state index contributed by atoms with van der Waals surface area (Å²) in [5.74, 6) is 1.38. The summed E-state index contributed by atoms with van der Waals surface area (Å²) in [5.41, 5.74) is 2.21. The normalized spacial score (nSPS) is 16.8. The summed E-state index contributed by atoms with van der Waals surface area (Å²) in [7, 11) is 1.64. The van der Waals surface area contributed by atoms with E-state index in [0.717, 1.165) is 24.3 Å². The lowest BCUT2D eigenvalue weighted by atomic mass is 10.3. The number of ether oxygens (including phenoxy) is 1. The Morgan fingerprint density at radius 1 is 1.26 bits per heavy atom. The zero-order chi connectivity index (χ0) is 15.6. The maximum Gasteiger partial charge on any atom is 0.225 e. The number of fused-ring (bicyclic) bond motifs is 1. The van der Waals surface area contributed by atoms with Crippen LogP contribution in [0.1, 0.15) is 12.8 Å². The lowest BCUT2D eigenvalue weighted by Crippen LogP contribution is -2.15. The van der Waals surface area contributed by atoms with Crippen molar-refractivity contribution < 1.29 is 4.74 Å². The number of aromatic nitrogens is 5. The van der Waals surface area contributed by atoms with Gasteiger partial charge in [0, 0.05) is 6.04 Å². The van der Waals surface area contributed by atoms with Crippen LogP contribution in [0.5, 0.6) is 5.75 Å². The van der Waals surface area contributed by atoms with Gasteiger partial charge in [0.2, 0.25) is 5.95 Å². The van der Waals surface area contributed by atoms with Gasteiger partial charge in [-0.25, -0.2) is 4.98 Å². The van der Waals surface area contributed by atoms with E-state index in [1.165, 1.54) is 0 Å². The Balaban J connectivity index is 1.70. The van der Waals surface area contributed by atoms with Gasteiger partial charge in [0.25, 0.3) is 0 Å². The van der Waals surface area contributed by atoms with Crippen LogP contribution < -0.4 is 10.1 Å². The van der Waals surface area contributed by atoms with E-state index in [-0.39, 0.29) is 6.04 Å². The second kappa shape index (κ2) is 5.68. The molecule has 0 radical (unpaired) electrons. The minimum atomic E-state index is 0.290. The zero-order valence-electron chi connectivity index (χ0n) is 12.7. The number of methoxy groups -OCH3 is 1. The molecular formula is C16H16N6O. The molecule has 0 amide bonds. The highest BCUT2D eigenvalue weighted by atomic mass is 16.5. The highest BCUT2D eigenvalue weighted by molar-refractivity contribution is 5.72. The lowest BCUT2D eigenvalue weighted by molar-refractivity contribution is 0.414. The monoisotopic (exact) mass is 308 g/mol. The third kappa shape index (κ3) is 2.61. The van der Waals surface area contributed by atoms with Crippen molar-refractivity contribution >= 4 is 17.1 Å². The number of anilines is 1. The Kier molecular flexibility index (Phi) is 3.38. The van der Waals surface area contributed by atoms with Gasteiger partial charge in [-0.15, -0.1) is 5.10 Å². The highest BCUT2D eigenvalue weighted by Crippen LogP contribution is 2.19. The summed E-state index contributed by atoms with van der Waals surface area (Å²) in [4.78, 5) is 8.88. The van der Waals surface area contributed by atoms with Gasteiger partial charge in [0.05, 0.1) is 19.0 Å². The van der Waals surface area contributed by atoms with Gasteiger partial charge in [-0.3, -0.25) is 0 Å². The lowest BCUT2D eigenvalue weighted by Gasteiger charge is -2.10. The number of nitrogens with zero attached hydrogens (tertiary/aromatic N) is 5. The van der Waals surface area contributed by atoms with Crippen LogP contribution in [0.4, 0.5) is 5.95 Å². The smallest absolute Gasteiger partial charge is 0.225 e. The predicted octanol–water partition coefficient (Wildman–Crippen LogP) is 2.35. The first-order valence-corrected chi connectivity index (χ1v) is 7.49. The predicted molar refractivity (Wildman–Crippen MR) is 86.8 cm³/mol. The van der Waals surface area contributed by atoms with Crippen LogP contribution in [0.15, 0.2) is 42.6 Å². The maximum absolute atomic E-state index is 5.18. The van der Waals surface area contributed by atoms with E-state index in [2.05, 4.69) is 37.7 Å². The molecule has 23 heavy (non-hydrogen) atoms. The third-order valence-electron chi connectivity index (χ3n) is 3.84. The van der Waals surface area contributed by atoms with Crippen LogP contribution in [0, 0.1) is 0 Å². The van der Waals surface area contributed by atoms with Crippen molar-refractivity contribution in [3.05, 3.63) is 42.6 Å². The summed E-state index contributed by atoms with van der Waals surface area (Å²) >= 11 is 0.